The van der Waals surface area contributed by atoms with E-state index < -0.39 is 5.54 Å². The van der Waals surface area contributed by atoms with Gasteiger partial charge in [0.1, 0.15) is 11.4 Å². The molecule has 0 fully saturated rings. The van der Waals surface area contributed by atoms with Crippen LogP contribution < -0.4 is 10.2 Å². The van der Waals surface area contributed by atoms with Crippen LogP contribution in [0.15, 0.2) is 24.3 Å². The molecule has 0 saturated heterocycles. The summed E-state index contributed by atoms with van der Waals surface area (Å²) in [6, 6.07) is 8.80. The van der Waals surface area contributed by atoms with Gasteiger partial charge in [0.25, 0.3) is 0 Å². The van der Waals surface area contributed by atoms with Crippen LogP contribution in [-0.4, -0.2) is 25.7 Å². The highest BCUT2D eigenvalue weighted by molar-refractivity contribution is 5.46. The predicted molar refractivity (Wildman–Crippen MR) is 72.0 cm³/mol. The van der Waals surface area contributed by atoms with Crippen LogP contribution in [0.5, 0.6) is 0 Å². The van der Waals surface area contributed by atoms with Crippen LogP contribution in [0.1, 0.15) is 20.3 Å². The van der Waals surface area contributed by atoms with Crippen molar-refractivity contribution in [1.82, 2.24) is 5.32 Å². The summed E-state index contributed by atoms with van der Waals surface area (Å²) in [4.78, 5) is 2.07. The van der Waals surface area contributed by atoms with Crippen molar-refractivity contribution in [2.75, 3.05) is 25.0 Å². The average molecular weight is 249 g/mol. The van der Waals surface area contributed by atoms with Crippen LogP contribution in [0.3, 0.4) is 0 Å². The summed E-state index contributed by atoms with van der Waals surface area (Å²) in [5.41, 5.74) is 0.315. The van der Waals surface area contributed by atoms with Crippen molar-refractivity contribution in [3.05, 3.63) is 30.1 Å². The molecule has 1 rings (SSSR count). The van der Waals surface area contributed by atoms with Crippen molar-refractivity contribution in [2.24, 2.45) is 0 Å². The minimum absolute atomic E-state index is 0.234. The van der Waals surface area contributed by atoms with Gasteiger partial charge < -0.3 is 10.2 Å². The van der Waals surface area contributed by atoms with Crippen molar-refractivity contribution in [1.29, 1.82) is 5.26 Å². The number of benzene rings is 1. The molecule has 0 aliphatic rings. The third-order valence-corrected chi connectivity index (χ3v) is 3.24. The second kappa shape index (κ2) is 6.36. The number of nitrogens with one attached hydrogen (secondary N) is 1. The van der Waals surface area contributed by atoms with Crippen molar-refractivity contribution >= 4 is 5.69 Å². The molecule has 0 saturated carbocycles. The molecule has 0 aliphatic carbocycles. The van der Waals surface area contributed by atoms with E-state index in [1.165, 1.54) is 12.1 Å². The summed E-state index contributed by atoms with van der Waals surface area (Å²) < 4.78 is 13.2. The van der Waals surface area contributed by atoms with Crippen LogP contribution in [0.25, 0.3) is 0 Å². The second-order valence-corrected chi connectivity index (χ2v) is 4.50. The second-order valence-electron chi connectivity index (χ2n) is 4.50. The highest BCUT2D eigenvalue weighted by atomic mass is 19.1. The average Bonchev–Trinajstić information content (AvgIpc) is 2.39. The molecule has 18 heavy (non-hydrogen) atoms. The van der Waals surface area contributed by atoms with E-state index >= 15 is 0 Å². The van der Waals surface area contributed by atoms with Crippen molar-refractivity contribution in [3.63, 3.8) is 0 Å². The van der Waals surface area contributed by atoms with Crippen LogP contribution in [-0.2, 0) is 0 Å². The van der Waals surface area contributed by atoms with Crippen LogP contribution in [0.2, 0.25) is 0 Å². The molecule has 0 radical (unpaired) electrons. The first-order chi connectivity index (χ1) is 8.54. The smallest absolute Gasteiger partial charge is 0.125 e. The van der Waals surface area contributed by atoms with Gasteiger partial charge >= 0.3 is 0 Å². The Balaban J connectivity index is 2.72. The molecule has 3 nitrogen and oxygen atoms in total. The van der Waals surface area contributed by atoms with E-state index in [-0.39, 0.29) is 5.82 Å². The Morgan fingerprint density at radius 2 is 2.22 bits per heavy atom. The summed E-state index contributed by atoms with van der Waals surface area (Å²) in [7, 11) is 1.78. The van der Waals surface area contributed by atoms with E-state index in [0.29, 0.717) is 13.0 Å². The van der Waals surface area contributed by atoms with Gasteiger partial charge in [0, 0.05) is 18.8 Å². The molecule has 0 heterocycles. The van der Waals surface area contributed by atoms with Crippen LogP contribution in [0, 0.1) is 17.1 Å². The monoisotopic (exact) mass is 249 g/mol. The largest absolute Gasteiger partial charge is 0.372 e. The van der Waals surface area contributed by atoms with E-state index in [9.17, 15) is 4.39 Å². The quantitative estimate of drug-likeness (QED) is 0.842. The van der Waals surface area contributed by atoms with Gasteiger partial charge in [-0.05, 0) is 45.5 Å². The normalized spacial score (nSPS) is 13.7. The summed E-state index contributed by atoms with van der Waals surface area (Å²) in [6.07, 6.45) is 0.685. The Kier molecular flexibility index (Phi) is 5.11. The Bertz CT molecular complexity index is 427. The van der Waals surface area contributed by atoms with Crippen LogP contribution in [0.4, 0.5) is 10.1 Å². The number of nitriles is 1. The SMILES string of the molecule is CCN(CCC(C)(C#N)NC)c1cccc(F)c1. The molecule has 0 spiro atoms. The summed E-state index contributed by atoms with van der Waals surface area (Å²) in [5.74, 6) is -0.234. The third kappa shape index (κ3) is 3.71. The van der Waals surface area contributed by atoms with Crippen LogP contribution >= 0.6 is 0 Å². The first-order valence-electron chi connectivity index (χ1n) is 6.15. The molecular weight excluding hydrogens is 229 g/mol. The zero-order chi connectivity index (χ0) is 13.6. The van der Waals surface area contributed by atoms with E-state index in [1.54, 1.807) is 13.1 Å². The molecule has 1 aromatic carbocycles. The maximum absolute atomic E-state index is 13.2. The number of hydrogen-bond acceptors (Lipinski definition) is 3. The Morgan fingerprint density at radius 3 is 2.72 bits per heavy atom. The van der Waals surface area contributed by atoms with E-state index in [4.69, 9.17) is 5.26 Å². The lowest BCUT2D eigenvalue weighted by atomic mass is 10.00. The highest BCUT2D eigenvalue weighted by Gasteiger charge is 2.21. The molecule has 1 unspecified atom stereocenters. The molecule has 0 amide bonds. The van der Waals surface area contributed by atoms with E-state index in [1.807, 2.05) is 19.9 Å². The molecule has 1 aromatic rings. The van der Waals surface area contributed by atoms with Gasteiger partial charge in [0.05, 0.1) is 6.07 Å². The first-order valence-corrected chi connectivity index (χ1v) is 6.15. The fraction of sp³-hybridized carbons (Fsp3) is 0.500. The Labute approximate surface area is 108 Å². The van der Waals surface area contributed by atoms with Gasteiger partial charge in [0.2, 0.25) is 0 Å². The van der Waals surface area contributed by atoms with Gasteiger partial charge in [-0.15, -0.1) is 0 Å². The predicted octanol–water partition coefficient (Wildman–Crippen LogP) is 2.54. The first kappa shape index (κ1) is 14.5. The van der Waals surface area contributed by atoms with Gasteiger partial charge in [-0.3, -0.25) is 0 Å². The molecule has 0 bridgehead atoms. The van der Waals surface area contributed by atoms with Crippen molar-refractivity contribution < 1.29 is 4.39 Å². The molecule has 0 aromatic heterocycles. The summed E-state index contributed by atoms with van der Waals surface area (Å²) >= 11 is 0. The maximum atomic E-state index is 13.2. The van der Waals surface area contributed by atoms with Crippen molar-refractivity contribution in [3.8, 4) is 6.07 Å². The minimum atomic E-state index is -0.541. The van der Waals surface area contributed by atoms with Gasteiger partial charge in [-0.1, -0.05) is 6.07 Å². The minimum Gasteiger partial charge on any atom is -0.372 e. The van der Waals surface area contributed by atoms with E-state index in [2.05, 4.69) is 16.3 Å². The molecule has 1 atom stereocenters. The number of hydrogen-bond donors (Lipinski definition) is 1. The lowest BCUT2D eigenvalue weighted by molar-refractivity contribution is 0.454. The molecule has 0 aliphatic heterocycles. The fourth-order valence-corrected chi connectivity index (χ4v) is 1.74. The summed E-state index contributed by atoms with van der Waals surface area (Å²) in [5, 5.41) is 12.1. The topological polar surface area (TPSA) is 39.1 Å². The van der Waals surface area contributed by atoms with Gasteiger partial charge in [-0.25, -0.2) is 4.39 Å². The highest BCUT2D eigenvalue weighted by Crippen LogP contribution is 2.17. The molecule has 4 heteroatoms. The number of nitrogens with zero attached hydrogens (tertiary/aromatic N) is 2. The molecule has 98 valence electrons. The zero-order valence-corrected chi connectivity index (χ0v) is 11.2. The van der Waals surface area contributed by atoms with Gasteiger partial charge in [-0.2, -0.15) is 5.26 Å². The Hall–Kier alpha value is -1.60. The lowest BCUT2D eigenvalue weighted by Crippen LogP contribution is -2.41. The zero-order valence-electron chi connectivity index (χ0n) is 11.2. The number of halogens is 1. The third-order valence-electron chi connectivity index (χ3n) is 3.24. The summed E-state index contributed by atoms with van der Waals surface area (Å²) in [6.45, 7) is 5.39. The lowest BCUT2D eigenvalue weighted by Gasteiger charge is -2.28. The van der Waals surface area contributed by atoms with E-state index in [0.717, 1.165) is 12.2 Å². The standard InChI is InChI=1S/C14H20FN3/c1-4-18(9-8-14(2,11-16)17-3)13-7-5-6-12(15)10-13/h5-7,10,17H,4,8-9H2,1-3H3. The molecular formula is C14H20FN3. The number of rotatable bonds is 6. The maximum Gasteiger partial charge on any atom is 0.125 e. The van der Waals surface area contributed by atoms with Gasteiger partial charge in [0.15, 0.2) is 0 Å². The Morgan fingerprint density at radius 1 is 1.50 bits per heavy atom. The fourth-order valence-electron chi connectivity index (χ4n) is 1.74. The van der Waals surface area contributed by atoms with Crippen molar-refractivity contribution in [2.45, 2.75) is 25.8 Å². The molecule has 1 N–H and O–H groups in total. The number of anilines is 1.